The zero-order chi connectivity index (χ0) is 15.8. The third-order valence-corrected chi connectivity index (χ3v) is 5.50. The van der Waals surface area contributed by atoms with Crippen LogP contribution in [-0.2, 0) is 0 Å². The largest absolute Gasteiger partial charge is 0.352 e. The lowest BCUT2D eigenvalue weighted by Gasteiger charge is -2.10. The number of rotatable bonds is 3. The molecule has 3 aromatic rings. The van der Waals surface area contributed by atoms with Gasteiger partial charge in [-0.1, -0.05) is 0 Å². The van der Waals surface area contributed by atoms with E-state index in [2.05, 4.69) is 15.3 Å². The number of pyridine rings is 1. The fraction of sp³-hybridized carbons (Fsp3) is 0.294. The summed E-state index contributed by atoms with van der Waals surface area (Å²) in [5, 5.41) is 4.76. The van der Waals surface area contributed by atoms with Gasteiger partial charge in [0, 0.05) is 29.0 Å². The van der Waals surface area contributed by atoms with Crippen molar-refractivity contribution in [3.8, 4) is 0 Å². The molecule has 0 aliphatic carbocycles. The predicted molar refractivity (Wildman–Crippen MR) is 91.3 cm³/mol. The van der Waals surface area contributed by atoms with Gasteiger partial charge in [0.25, 0.3) is 5.91 Å². The summed E-state index contributed by atoms with van der Waals surface area (Å²) in [7, 11) is 0. The number of nitrogens with zero attached hydrogens (tertiary/aromatic N) is 1. The Bertz CT molecular complexity index is 886. The van der Waals surface area contributed by atoms with Crippen LogP contribution in [0.3, 0.4) is 0 Å². The average molecular weight is 329 g/mol. The van der Waals surface area contributed by atoms with E-state index in [0.29, 0.717) is 29.2 Å². The Morgan fingerprint density at radius 2 is 2.30 bits per heavy atom. The maximum absolute atomic E-state index is 13.4. The Morgan fingerprint density at radius 1 is 1.39 bits per heavy atom. The number of benzene rings is 1. The van der Waals surface area contributed by atoms with Gasteiger partial charge in [0.2, 0.25) is 0 Å². The van der Waals surface area contributed by atoms with Crippen LogP contribution < -0.4 is 5.32 Å². The summed E-state index contributed by atoms with van der Waals surface area (Å²) in [5.74, 6) is 2.33. The van der Waals surface area contributed by atoms with E-state index in [1.54, 1.807) is 12.3 Å². The molecule has 1 aromatic carbocycles. The van der Waals surface area contributed by atoms with Crippen molar-refractivity contribution in [2.24, 2.45) is 5.92 Å². The molecule has 0 spiro atoms. The van der Waals surface area contributed by atoms with Crippen LogP contribution in [-0.4, -0.2) is 33.9 Å². The van der Waals surface area contributed by atoms with E-state index in [1.165, 1.54) is 17.9 Å². The summed E-state index contributed by atoms with van der Waals surface area (Å²) in [4.78, 5) is 19.8. The first-order valence-electron chi connectivity index (χ1n) is 7.64. The molecule has 1 amide bonds. The minimum absolute atomic E-state index is 0.181. The molecule has 1 aliphatic rings. The van der Waals surface area contributed by atoms with Crippen molar-refractivity contribution >= 4 is 39.5 Å². The third kappa shape index (κ3) is 2.67. The van der Waals surface area contributed by atoms with Gasteiger partial charge >= 0.3 is 0 Å². The van der Waals surface area contributed by atoms with Gasteiger partial charge in [-0.2, -0.15) is 11.8 Å². The molecule has 23 heavy (non-hydrogen) atoms. The standard InChI is InChI=1S/C17H16FN3OS/c18-11-1-2-12-13-3-5-19-16(15(13)21-14(12)7-11)17(22)20-8-10-4-6-23-9-10/h1-3,5,7,10,21H,4,6,8-9H2,(H,20,22). The summed E-state index contributed by atoms with van der Waals surface area (Å²) in [6.45, 7) is 0.679. The first-order chi connectivity index (χ1) is 11.2. The SMILES string of the molecule is O=C(NCC1CCSC1)c1nccc2c1[nH]c1cc(F)ccc12. The van der Waals surface area contributed by atoms with Crippen LogP contribution in [0, 0.1) is 11.7 Å². The molecule has 0 radical (unpaired) electrons. The zero-order valence-corrected chi connectivity index (χ0v) is 13.3. The second kappa shape index (κ2) is 5.85. The number of nitrogens with one attached hydrogen (secondary N) is 2. The number of H-pyrrole nitrogens is 1. The predicted octanol–water partition coefficient (Wildman–Crippen LogP) is 3.34. The molecule has 2 N–H and O–H groups in total. The first kappa shape index (κ1) is 14.5. The first-order valence-corrected chi connectivity index (χ1v) is 8.80. The molecule has 118 valence electrons. The molecular weight excluding hydrogens is 313 g/mol. The van der Waals surface area contributed by atoms with Crippen molar-refractivity contribution in [1.82, 2.24) is 15.3 Å². The summed E-state index contributed by atoms with van der Waals surface area (Å²) >= 11 is 1.93. The van der Waals surface area contributed by atoms with Crippen LogP contribution in [0.4, 0.5) is 4.39 Å². The number of thioether (sulfide) groups is 1. The van der Waals surface area contributed by atoms with Crippen molar-refractivity contribution in [2.75, 3.05) is 18.1 Å². The fourth-order valence-electron chi connectivity index (χ4n) is 3.04. The second-order valence-corrected chi connectivity index (χ2v) is 6.99. The minimum atomic E-state index is -0.304. The van der Waals surface area contributed by atoms with Crippen molar-refractivity contribution in [3.63, 3.8) is 0 Å². The molecule has 4 rings (SSSR count). The summed E-state index contributed by atoms with van der Waals surface area (Å²) in [6, 6.07) is 6.43. The van der Waals surface area contributed by atoms with Gasteiger partial charge in [0.15, 0.2) is 5.69 Å². The highest BCUT2D eigenvalue weighted by Crippen LogP contribution is 2.27. The number of carbonyl (C=O) groups excluding carboxylic acids is 1. The summed E-state index contributed by atoms with van der Waals surface area (Å²) in [6.07, 6.45) is 2.77. The number of aromatic nitrogens is 2. The molecule has 2 aromatic heterocycles. The topological polar surface area (TPSA) is 57.8 Å². The quantitative estimate of drug-likeness (QED) is 0.775. The lowest BCUT2D eigenvalue weighted by molar-refractivity contribution is 0.0945. The Labute approximate surface area is 136 Å². The minimum Gasteiger partial charge on any atom is -0.352 e. The molecule has 1 aliphatic heterocycles. The summed E-state index contributed by atoms with van der Waals surface area (Å²) < 4.78 is 13.4. The molecule has 1 atom stereocenters. The van der Waals surface area contributed by atoms with Gasteiger partial charge < -0.3 is 10.3 Å². The van der Waals surface area contributed by atoms with Gasteiger partial charge in [-0.15, -0.1) is 0 Å². The van der Waals surface area contributed by atoms with E-state index in [0.717, 1.165) is 22.9 Å². The molecule has 0 saturated carbocycles. The van der Waals surface area contributed by atoms with E-state index in [9.17, 15) is 9.18 Å². The van der Waals surface area contributed by atoms with Crippen LogP contribution in [0.2, 0.25) is 0 Å². The molecule has 1 saturated heterocycles. The number of aromatic amines is 1. The van der Waals surface area contributed by atoms with Gasteiger partial charge in [0.1, 0.15) is 5.82 Å². The number of amides is 1. The second-order valence-electron chi connectivity index (χ2n) is 5.84. The Morgan fingerprint density at radius 3 is 3.13 bits per heavy atom. The molecule has 1 unspecified atom stereocenters. The Balaban J connectivity index is 1.68. The van der Waals surface area contributed by atoms with Crippen LogP contribution in [0.5, 0.6) is 0 Å². The van der Waals surface area contributed by atoms with Gasteiger partial charge in [-0.25, -0.2) is 9.37 Å². The fourth-order valence-corrected chi connectivity index (χ4v) is 4.32. The van der Waals surface area contributed by atoms with Crippen molar-refractivity contribution < 1.29 is 9.18 Å². The van der Waals surface area contributed by atoms with Crippen LogP contribution in [0.25, 0.3) is 21.8 Å². The monoisotopic (exact) mass is 329 g/mol. The van der Waals surface area contributed by atoms with Crippen LogP contribution in [0.1, 0.15) is 16.9 Å². The number of carbonyl (C=O) groups is 1. The molecule has 3 heterocycles. The number of hydrogen-bond acceptors (Lipinski definition) is 3. The molecule has 4 nitrogen and oxygen atoms in total. The smallest absolute Gasteiger partial charge is 0.272 e. The lowest BCUT2D eigenvalue weighted by atomic mass is 10.1. The zero-order valence-electron chi connectivity index (χ0n) is 12.4. The Hall–Kier alpha value is -2.08. The van der Waals surface area contributed by atoms with Crippen molar-refractivity contribution in [2.45, 2.75) is 6.42 Å². The third-order valence-electron chi connectivity index (χ3n) is 4.27. The number of hydrogen-bond donors (Lipinski definition) is 2. The highest BCUT2D eigenvalue weighted by molar-refractivity contribution is 7.99. The highest BCUT2D eigenvalue weighted by Gasteiger charge is 2.19. The number of fused-ring (bicyclic) bond motifs is 3. The lowest BCUT2D eigenvalue weighted by Crippen LogP contribution is -2.30. The maximum atomic E-state index is 13.4. The van der Waals surface area contributed by atoms with Crippen LogP contribution >= 0.6 is 11.8 Å². The van der Waals surface area contributed by atoms with Gasteiger partial charge in [0.05, 0.1) is 5.52 Å². The summed E-state index contributed by atoms with van der Waals surface area (Å²) in [5.41, 5.74) is 1.70. The van der Waals surface area contributed by atoms with E-state index in [4.69, 9.17) is 0 Å². The van der Waals surface area contributed by atoms with E-state index in [-0.39, 0.29) is 11.7 Å². The normalized spacial score (nSPS) is 17.9. The molecular formula is C17H16FN3OS. The van der Waals surface area contributed by atoms with Crippen molar-refractivity contribution in [1.29, 1.82) is 0 Å². The molecule has 6 heteroatoms. The van der Waals surface area contributed by atoms with Crippen LogP contribution in [0.15, 0.2) is 30.5 Å². The Kier molecular flexibility index (Phi) is 3.69. The van der Waals surface area contributed by atoms with E-state index in [1.807, 2.05) is 17.8 Å². The maximum Gasteiger partial charge on any atom is 0.272 e. The average Bonchev–Trinajstić information content (AvgIpc) is 3.18. The highest BCUT2D eigenvalue weighted by atomic mass is 32.2. The number of halogens is 1. The molecule has 1 fully saturated rings. The van der Waals surface area contributed by atoms with E-state index >= 15 is 0 Å². The van der Waals surface area contributed by atoms with Gasteiger partial charge in [-0.05, 0) is 48.1 Å². The van der Waals surface area contributed by atoms with E-state index < -0.39 is 0 Å². The molecule has 0 bridgehead atoms. The van der Waals surface area contributed by atoms with Crippen molar-refractivity contribution in [3.05, 3.63) is 42.0 Å². The van der Waals surface area contributed by atoms with Gasteiger partial charge in [-0.3, -0.25) is 4.79 Å².